The van der Waals surface area contributed by atoms with Gasteiger partial charge in [-0.1, -0.05) is 11.8 Å². The van der Waals surface area contributed by atoms with Crippen molar-refractivity contribution in [3.05, 3.63) is 114 Å². The quantitative estimate of drug-likeness (QED) is 0.0390. The summed E-state index contributed by atoms with van der Waals surface area (Å²) in [5, 5.41) is 30.4. The Morgan fingerprint density at radius 3 is 2.00 bits per heavy atom. The average molecular weight is 646 g/mol. The summed E-state index contributed by atoms with van der Waals surface area (Å²) in [6.45, 7) is 1.81. The number of carboxylic acid groups (broad SMARTS) is 1. The number of benzene rings is 4. The van der Waals surface area contributed by atoms with Gasteiger partial charge in [0.05, 0.1) is 34.1 Å². The van der Waals surface area contributed by atoms with Gasteiger partial charge in [0.15, 0.2) is 5.78 Å². The lowest BCUT2D eigenvalue weighted by Crippen LogP contribution is -2.15. The largest absolute Gasteiger partial charge is 0.478 e. The Kier molecular flexibility index (Phi) is 9.62. The standard InChI is InChI=1S/C33H27N9O4S/c1-18-16-27(30(35)31(29(18)34)42-39-20-4-2-19(3-5-20)32(36)44)41-38-22-8-13-25(14-9-22)47-24-11-6-21(7-12-24)37-40-23-10-15-28(43)26(17-23)33(45)46/h2-17,37H,34-35H2,1H3,(H2,36,44)(H,45,46)/b40-23+,41-38?,42-39?. The van der Waals surface area contributed by atoms with Crippen LogP contribution in [0.2, 0.25) is 0 Å². The van der Waals surface area contributed by atoms with Gasteiger partial charge in [-0.3, -0.25) is 15.0 Å². The molecule has 13 nitrogen and oxygen atoms in total. The summed E-state index contributed by atoms with van der Waals surface area (Å²) >= 11 is 1.54. The molecule has 1 aliphatic carbocycles. The molecule has 4 aromatic rings. The van der Waals surface area contributed by atoms with E-state index in [-0.39, 0.29) is 16.9 Å². The number of aliphatic carboxylic acids is 1. The third kappa shape index (κ3) is 8.01. The molecule has 4 aromatic carbocycles. The van der Waals surface area contributed by atoms with Crippen LogP contribution in [0.15, 0.2) is 138 Å². The van der Waals surface area contributed by atoms with Crippen LogP contribution in [0.4, 0.5) is 39.8 Å². The molecule has 0 saturated heterocycles. The van der Waals surface area contributed by atoms with E-state index in [0.29, 0.717) is 45.3 Å². The number of nitrogens with zero attached hydrogens (tertiary/aromatic N) is 5. The zero-order valence-electron chi connectivity index (χ0n) is 24.8. The van der Waals surface area contributed by atoms with E-state index in [9.17, 15) is 14.4 Å². The van der Waals surface area contributed by atoms with E-state index in [0.717, 1.165) is 9.79 Å². The molecular weight excluding hydrogens is 618 g/mol. The van der Waals surface area contributed by atoms with Gasteiger partial charge in [0.2, 0.25) is 5.91 Å². The maximum Gasteiger partial charge on any atom is 0.339 e. The zero-order chi connectivity index (χ0) is 33.5. The molecule has 0 heterocycles. The molecule has 1 amide bonds. The van der Waals surface area contributed by atoms with Crippen molar-refractivity contribution in [2.24, 2.45) is 31.3 Å². The summed E-state index contributed by atoms with van der Waals surface area (Å²) in [4.78, 5) is 36.0. The lowest BCUT2D eigenvalue weighted by molar-refractivity contribution is -0.134. The zero-order valence-corrected chi connectivity index (χ0v) is 25.6. The highest BCUT2D eigenvalue weighted by molar-refractivity contribution is 7.99. The number of nitrogens with two attached hydrogens (primary N) is 3. The lowest BCUT2D eigenvalue weighted by Gasteiger charge is -2.09. The van der Waals surface area contributed by atoms with Gasteiger partial charge in [-0.15, -0.1) is 10.2 Å². The summed E-state index contributed by atoms with van der Waals surface area (Å²) in [7, 11) is 0. The van der Waals surface area contributed by atoms with Crippen LogP contribution in [0.25, 0.3) is 0 Å². The maximum atomic E-state index is 11.6. The number of aryl methyl sites for hydroxylation is 1. The second-order valence-electron chi connectivity index (χ2n) is 10.0. The van der Waals surface area contributed by atoms with Crippen molar-refractivity contribution in [3.63, 3.8) is 0 Å². The number of amides is 1. The van der Waals surface area contributed by atoms with Gasteiger partial charge in [-0.05, 0) is 110 Å². The van der Waals surface area contributed by atoms with Crippen molar-refractivity contribution in [1.82, 2.24) is 0 Å². The fourth-order valence-corrected chi connectivity index (χ4v) is 4.93. The molecule has 0 atom stereocenters. The predicted molar refractivity (Wildman–Crippen MR) is 181 cm³/mol. The minimum atomic E-state index is -1.30. The van der Waals surface area contributed by atoms with Crippen LogP contribution in [0, 0.1) is 6.92 Å². The highest BCUT2D eigenvalue weighted by Crippen LogP contribution is 2.41. The Morgan fingerprint density at radius 2 is 1.38 bits per heavy atom. The summed E-state index contributed by atoms with van der Waals surface area (Å²) in [6.07, 6.45) is 3.84. The Labute approximate surface area is 272 Å². The van der Waals surface area contributed by atoms with Gasteiger partial charge in [-0.2, -0.15) is 15.3 Å². The number of anilines is 3. The molecule has 0 saturated carbocycles. The smallest absolute Gasteiger partial charge is 0.339 e. The van der Waals surface area contributed by atoms with Crippen molar-refractivity contribution in [1.29, 1.82) is 0 Å². The molecule has 234 valence electrons. The van der Waals surface area contributed by atoms with Crippen molar-refractivity contribution >= 4 is 74.9 Å². The van der Waals surface area contributed by atoms with E-state index in [4.69, 9.17) is 22.3 Å². The van der Waals surface area contributed by atoms with E-state index in [1.54, 1.807) is 42.1 Å². The number of carbonyl (C=O) groups is 3. The SMILES string of the molecule is Cc1cc(N=Nc2ccc(Sc3ccc(N/N=C4\C=CC(=O)C(C(=O)O)=C4)cc3)cc2)c(N)c(N=Nc2ccc(C(N)=O)cc2)c1N. The second kappa shape index (κ2) is 14.1. The number of hydrogen-bond donors (Lipinski definition) is 5. The van der Waals surface area contributed by atoms with Gasteiger partial charge in [0.1, 0.15) is 16.9 Å². The van der Waals surface area contributed by atoms with Crippen LogP contribution < -0.4 is 22.6 Å². The number of nitrogen functional groups attached to an aromatic ring is 2. The summed E-state index contributed by atoms with van der Waals surface area (Å²) in [5.74, 6) is -2.41. The molecule has 0 spiro atoms. The molecule has 8 N–H and O–H groups in total. The molecule has 0 unspecified atom stereocenters. The van der Waals surface area contributed by atoms with E-state index >= 15 is 0 Å². The maximum absolute atomic E-state index is 11.6. The second-order valence-corrected chi connectivity index (χ2v) is 11.2. The Balaban J connectivity index is 1.22. The Bertz CT molecular complexity index is 2020. The Morgan fingerprint density at radius 1 is 0.787 bits per heavy atom. The number of hydrazone groups is 1. The number of carboxylic acids is 1. The molecule has 5 rings (SSSR count). The molecule has 0 aliphatic heterocycles. The number of allylic oxidation sites excluding steroid dienone is 3. The van der Waals surface area contributed by atoms with E-state index in [2.05, 4.69) is 31.0 Å². The molecule has 1 aliphatic rings. The third-order valence-electron chi connectivity index (χ3n) is 6.69. The first-order valence-corrected chi connectivity index (χ1v) is 14.7. The van der Waals surface area contributed by atoms with Gasteiger partial charge < -0.3 is 22.3 Å². The number of rotatable bonds is 10. The van der Waals surface area contributed by atoms with Gasteiger partial charge in [0, 0.05) is 15.4 Å². The molecule has 47 heavy (non-hydrogen) atoms. The van der Waals surface area contributed by atoms with E-state index < -0.39 is 17.7 Å². The van der Waals surface area contributed by atoms with E-state index in [1.807, 2.05) is 55.5 Å². The summed E-state index contributed by atoms with van der Waals surface area (Å²) in [6, 6.07) is 23.0. The van der Waals surface area contributed by atoms with Crippen LogP contribution >= 0.6 is 11.8 Å². The highest BCUT2D eigenvalue weighted by Gasteiger charge is 2.18. The molecule has 0 fully saturated rings. The number of carbonyl (C=O) groups excluding carboxylic acids is 2. The van der Waals surface area contributed by atoms with Crippen LogP contribution in [0.3, 0.4) is 0 Å². The first-order chi connectivity index (χ1) is 22.6. The van der Waals surface area contributed by atoms with Crippen molar-refractivity contribution in [2.45, 2.75) is 16.7 Å². The Hall–Kier alpha value is -6.41. The first kappa shape index (κ1) is 32.0. The summed E-state index contributed by atoms with van der Waals surface area (Å²) in [5.41, 5.74) is 24.8. The molecule has 0 aromatic heterocycles. The number of azo groups is 2. The van der Waals surface area contributed by atoms with Gasteiger partial charge in [0.25, 0.3) is 0 Å². The van der Waals surface area contributed by atoms with Gasteiger partial charge >= 0.3 is 5.97 Å². The first-order valence-electron chi connectivity index (χ1n) is 13.9. The fraction of sp³-hybridized carbons (Fsp3) is 0.0303. The molecule has 0 radical (unpaired) electrons. The lowest BCUT2D eigenvalue weighted by atomic mass is 10.0. The topological polar surface area (TPSA) is 223 Å². The molecule has 0 bridgehead atoms. The minimum absolute atomic E-state index is 0.220. The number of hydrogen-bond acceptors (Lipinski definition) is 12. The average Bonchev–Trinajstić information content (AvgIpc) is 3.06. The minimum Gasteiger partial charge on any atom is -0.478 e. The fourth-order valence-electron chi connectivity index (χ4n) is 4.11. The van der Waals surface area contributed by atoms with Crippen molar-refractivity contribution in [2.75, 3.05) is 16.9 Å². The molecular formula is C33H27N9O4S. The van der Waals surface area contributed by atoms with Crippen molar-refractivity contribution in [3.8, 4) is 0 Å². The highest BCUT2D eigenvalue weighted by atomic mass is 32.2. The van der Waals surface area contributed by atoms with Crippen LogP contribution in [0.5, 0.6) is 0 Å². The third-order valence-corrected chi connectivity index (χ3v) is 7.70. The number of nitrogens with one attached hydrogen (secondary N) is 1. The summed E-state index contributed by atoms with van der Waals surface area (Å²) < 4.78 is 0. The predicted octanol–water partition coefficient (Wildman–Crippen LogP) is 7.16. The van der Waals surface area contributed by atoms with Crippen molar-refractivity contribution < 1.29 is 19.5 Å². The number of ketones is 1. The number of primary amides is 1. The molecule has 14 heteroatoms. The van der Waals surface area contributed by atoms with Gasteiger partial charge in [-0.25, -0.2) is 4.79 Å². The van der Waals surface area contributed by atoms with Crippen LogP contribution in [-0.2, 0) is 9.59 Å². The van der Waals surface area contributed by atoms with Crippen LogP contribution in [-0.4, -0.2) is 28.5 Å². The normalized spacial score (nSPS) is 13.8. The van der Waals surface area contributed by atoms with E-state index in [1.165, 1.54) is 18.2 Å². The van der Waals surface area contributed by atoms with Crippen LogP contribution in [0.1, 0.15) is 15.9 Å². The monoisotopic (exact) mass is 645 g/mol.